The summed E-state index contributed by atoms with van der Waals surface area (Å²) in [6.07, 6.45) is 0.775. The van der Waals surface area contributed by atoms with E-state index >= 15 is 0 Å². The molecule has 1 aliphatic rings. The number of anilines is 1. The highest BCUT2D eigenvalue weighted by Gasteiger charge is 2.25. The van der Waals surface area contributed by atoms with Crippen molar-refractivity contribution >= 4 is 29.3 Å². The minimum Gasteiger partial charge on any atom is -0.478 e. The fourth-order valence-corrected chi connectivity index (χ4v) is 2.06. The summed E-state index contributed by atoms with van der Waals surface area (Å²) in [5.74, 6) is -1.14. The second kappa shape index (κ2) is 4.63. The summed E-state index contributed by atoms with van der Waals surface area (Å²) in [4.78, 5) is 24.2. The molecule has 0 radical (unpaired) electrons. The van der Waals surface area contributed by atoms with E-state index in [0.717, 1.165) is 6.42 Å². The highest BCUT2D eigenvalue weighted by molar-refractivity contribution is 6.34. The fourth-order valence-electron chi connectivity index (χ4n) is 1.81. The molecule has 0 bridgehead atoms. The average Bonchev–Trinajstić information content (AvgIpc) is 2.28. The molecule has 1 aromatic carbocycles. The van der Waals surface area contributed by atoms with E-state index in [1.165, 1.54) is 11.0 Å². The predicted molar refractivity (Wildman–Crippen MR) is 63.8 cm³/mol. The summed E-state index contributed by atoms with van der Waals surface area (Å²) in [5.41, 5.74) is 0.299. The summed E-state index contributed by atoms with van der Waals surface area (Å²) in [5, 5.41) is 11.9. The number of nitrogens with one attached hydrogen (secondary N) is 1. The van der Waals surface area contributed by atoms with Gasteiger partial charge in [0, 0.05) is 13.1 Å². The van der Waals surface area contributed by atoms with Gasteiger partial charge in [-0.25, -0.2) is 9.59 Å². The molecule has 0 saturated carbocycles. The van der Waals surface area contributed by atoms with Gasteiger partial charge in [0.05, 0.1) is 10.7 Å². The molecule has 0 atom stereocenters. The van der Waals surface area contributed by atoms with Crippen LogP contribution in [0.4, 0.5) is 10.5 Å². The molecule has 5 nitrogen and oxygen atoms in total. The van der Waals surface area contributed by atoms with E-state index in [-0.39, 0.29) is 16.6 Å². The average molecular weight is 255 g/mol. The second-order valence-corrected chi connectivity index (χ2v) is 4.08. The number of carbonyl (C=O) groups excluding carboxylic acids is 1. The third-order valence-electron chi connectivity index (χ3n) is 2.58. The van der Waals surface area contributed by atoms with Gasteiger partial charge in [-0.1, -0.05) is 17.7 Å². The number of rotatable bonds is 2. The van der Waals surface area contributed by atoms with Gasteiger partial charge in [-0.2, -0.15) is 0 Å². The van der Waals surface area contributed by atoms with Crippen LogP contribution in [-0.2, 0) is 0 Å². The van der Waals surface area contributed by atoms with Crippen LogP contribution in [0.3, 0.4) is 0 Å². The van der Waals surface area contributed by atoms with Crippen molar-refractivity contribution in [3.05, 3.63) is 28.8 Å². The number of carboxylic acids is 1. The lowest BCUT2D eigenvalue weighted by atomic mass is 10.1. The number of hydrogen-bond acceptors (Lipinski definition) is 2. The number of carbonyl (C=O) groups is 2. The number of carboxylic acid groups (broad SMARTS) is 1. The molecule has 2 amide bonds. The Hall–Kier alpha value is -1.75. The lowest BCUT2D eigenvalue weighted by Crippen LogP contribution is -2.47. The number of benzene rings is 1. The molecule has 6 heteroatoms. The van der Waals surface area contributed by atoms with Crippen LogP contribution in [0.2, 0.25) is 5.02 Å². The van der Waals surface area contributed by atoms with Crippen molar-refractivity contribution in [3.63, 3.8) is 0 Å². The van der Waals surface area contributed by atoms with Gasteiger partial charge < -0.3 is 10.4 Å². The Morgan fingerprint density at radius 3 is 2.88 bits per heavy atom. The Balaban J connectivity index is 2.47. The second-order valence-electron chi connectivity index (χ2n) is 3.68. The Morgan fingerprint density at radius 2 is 2.24 bits per heavy atom. The van der Waals surface area contributed by atoms with E-state index < -0.39 is 5.97 Å². The predicted octanol–water partition coefficient (Wildman–Crippen LogP) is 1.96. The van der Waals surface area contributed by atoms with Gasteiger partial charge in [-0.3, -0.25) is 4.90 Å². The highest BCUT2D eigenvalue weighted by atomic mass is 35.5. The Kier molecular flexibility index (Phi) is 3.19. The quantitative estimate of drug-likeness (QED) is 0.848. The number of urea groups is 1. The summed E-state index contributed by atoms with van der Waals surface area (Å²) < 4.78 is 0. The lowest BCUT2D eigenvalue weighted by molar-refractivity contribution is 0.0698. The third kappa shape index (κ3) is 2.19. The Labute approximate surface area is 103 Å². The van der Waals surface area contributed by atoms with Crippen LogP contribution in [0.25, 0.3) is 0 Å². The molecule has 17 heavy (non-hydrogen) atoms. The molecule has 0 aromatic heterocycles. The van der Waals surface area contributed by atoms with Gasteiger partial charge in [0.1, 0.15) is 5.56 Å². The smallest absolute Gasteiger partial charge is 0.339 e. The normalized spacial score (nSPS) is 15.6. The zero-order valence-corrected chi connectivity index (χ0v) is 9.70. The summed E-state index contributed by atoms with van der Waals surface area (Å²) in [6.45, 7) is 1.10. The molecule has 90 valence electrons. The van der Waals surface area contributed by atoms with Crippen LogP contribution in [0.15, 0.2) is 18.2 Å². The van der Waals surface area contributed by atoms with Crippen LogP contribution < -0.4 is 10.2 Å². The van der Waals surface area contributed by atoms with Crippen LogP contribution in [-0.4, -0.2) is 30.2 Å². The number of nitrogens with zero attached hydrogens (tertiary/aromatic N) is 1. The number of amides is 2. The van der Waals surface area contributed by atoms with Gasteiger partial charge in [0.15, 0.2) is 0 Å². The minimum atomic E-state index is -1.14. The van der Waals surface area contributed by atoms with E-state index in [4.69, 9.17) is 16.7 Å². The summed E-state index contributed by atoms with van der Waals surface area (Å²) in [6, 6.07) is 4.42. The Bertz CT molecular complexity index is 476. The summed E-state index contributed by atoms with van der Waals surface area (Å²) >= 11 is 5.85. The van der Waals surface area contributed by atoms with E-state index in [0.29, 0.717) is 18.8 Å². The maximum Gasteiger partial charge on any atom is 0.339 e. The van der Waals surface area contributed by atoms with Crippen molar-refractivity contribution in [1.82, 2.24) is 5.32 Å². The molecular formula is C11H11ClN2O3. The first-order valence-electron chi connectivity index (χ1n) is 5.18. The lowest BCUT2D eigenvalue weighted by Gasteiger charge is -2.28. The van der Waals surface area contributed by atoms with Crippen molar-refractivity contribution in [3.8, 4) is 0 Å². The first-order chi connectivity index (χ1) is 8.11. The number of aromatic carboxylic acids is 1. The van der Waals surface area contributed by atoms with Gasteiger partial charge in [0.2, 0.25) is 0 Å². The first-order valence-corrected chi connectivity index (χ1v) is 5.56. The zero-order valence-electron chi connectivity index (χ0n) is 8.94. The molecule has 1 aromatic rings. The SMILES string of the molecule is O=C(O)c1c(Cl)cccc1N1CCCNC1=O. The molecule has 2 N–H and O–H groups in total. The molecule has 0 unspecified atom stereocenters. The van der Waals surface area contributed by atoms with Crippen LogP contribution in [0.5, 0.6) is 0 Å². The molecular weight excluding hydrogens is 244 g/mol. The highest BCUT2D eigenvalue weighted by Crippen LogP contribution is 2.28. The number of hydrogen-bond donors (Lipinski definition) is 2. The molecule has 1 fully saturated rings. The summed E-state index contributed by atoms with van der Waals surface area (Å²) in [7, 11) is 0. The van der Waals surface area contributed by atoms with Crippen LogP contribution in [0, 0.1) is 0 Å². The van der Waals surface area contributed by atoms with Crippen molar-refractivity contribution in [2.45, 2.75) is 6.42 Å². The third-order valence-corrected chi connectivity index (χ3v) is 2.89. The maximum absolute atomic E-state index is 11.7. The van der Waals surface area contributed by atoms with E-state index in [9.17, 15) is 9.59 Å². The zero-order chi connectivity index (χ0) is 12.4. The molecule has 0 spiro atoms. The van der Waals surface area contributed by atoms with Crippen molar-refractivity contribution in [2.75, 3.05) is 18.0 Å². The van der Waals surface area contributed by atoms with Gasteiger partial charge in [0.25, 0.3) is 0 Å². The Morgan fingerprint density at radius 1 is 1.47 bits per heavy atom. The van der Waals surface area contributed by atoms with Crippen molar-refractivity contribution in [1.29, 1.82) is 0 Å². The fraction of sp³-hybridized carbons (Fsp3) is 0.273. The van der Waals surface area contributed by atoms with Crippen molar-refractivity contribution < 1.29 is 14.7 Å². The van der Waals surface area contributed by atoms with Gasteiger partial charge in [-0.05, 0) is 18.6 Å². The van der Waals surface area contributed by atoms with Crippen molar-refractivity contribution in [2.24, 2.45) is 0 Å². The molecule has 1 heterocycles. The van der Waals surface area contributed by atoms with E-state index in [1.807, 2.05) is 0 Å². The van der Waals surface area contributed by atoms with Gasteiger partial charge >= 0.3 is 12.0 Å². The maximum atomic E-state index is 11.7. The van der Waals surface area contributed by atoms with E-state index in [2.05, 4.69) is 5.32 Å². The molecule has 0 aliphatic carbocycles. The minimum absolute atomic E-state index is 0.0359. The van der Waals surface area contributed by atoms with E-state index in [1.54, 1.807) is 12.1 Å². The monoisotopic (exact) mass is 254 g/mol. The molecule has 1 saturated heterocycles. The molecule has 1 aliphatic heterocycles. The molecule has 2 rings (SSSR count). The number of halogens is 1. The largest absolute Gasteiger partial charge is 0.478 e. The van der Waals surface area contributed by atoms with Gasteiger partial charge in [-0.15, -0.1) is 0 Å². The van der Waals surface area contributed by atoms with Crippen LogP contribution in [0.1, 0.15) is 16.8 Å². The topological polar surface area (TPSA) is 69.6 Å². The first kappa shape index (κ1) is 11.7. The van der Waals surface area contributed by atoms with Crippen LogP contribution >= 0.6 is 11.6 Å². The standard InChI is InChI=1S/C11H11ClN2O3/c12-7-3-1-4-8(9(7)10(15)16)14-6-2-5-13-11(14)17/h1,3-4H,2,5-6H2,(H,13,17)(H,15,16).